The molecule has 1 aromatic rings. The highest BCUT2D eigenvalue weighted by Gasteiger charge is 2.38. The Labute approximate surface area is 133 Å². The van der Waals surface area contributed by atoms with Crippen LogP contribution in [-0.4, -0.2) is 32.2 Å². The Morgan fingerprint density at radius 3 is 2.36 bits per heavy atom. The van der Waals surface area contributed by atoms with Crippen LogP contribution in [0.2, 0.25) is 0 Å². The van der Waals surface area contributed by atoms with Crippen LogP contribution < -0.4 is 11.1 Å². The van der Waals surface area contributed by atoms with Gasteiger partial charge in [-0.1, -0.05) is 17.7 Å². The summed E-state index contributed by atoms with van der Waals surface area (Å²) in [6.07, 6.45) is 2.30. The second-order valence-corrected chi connectivity index (χ2v) is 6.48. The van der Waals surface area contributed by atoms with E-state index in [-0.39, 0.29) is 5.91 Å². The highest BCUT2D eigenvalue weighted by molar-refractivity contribution is 5.83. The number of amides is 1. The average Bonchev–Trinajstić information content (AvgIpc) is 2.50. The third kappa shape index (κ3) is 3.68. The molecule has 2 rings (SSSR count). The molecule has 0 aliphatic carbocycles. The first kappa shape index (κ1) is 17.0. The van der Waals surface area contributed by atoms with Gasteiger partial charge in [-0.25, -0.2) is 0 Å². The normalized spacial score (nSPS) is 17.3. The Bertz CT molecular complexity index is 511. The molecule has 122 valence electrons. The lowest BCUT2D eigenvalue weighted by atomic mass is 9.79. The molecule has 1 saturated heterocycles. The van der Waals surface area contributed by atoms with Crippen molar-refractivity contribution in [3.8, 4) is 0 Å². The number of hydrogen-bond acceptors (Lipinski definition) is 3. The van der Waals surface area contributed by atoms with Crippen molar-refractivity contribution in [3.05, 3.63) is 34.4 Å². The standard InChI is InChI=1S/C18H28N2O2/c1-13-10-14(2)16(15(3)11-13)4-7-20-17(21)18(12-19)5-8-22-9-6-18/h10-11H,4-9,12,19H2,1-3H3,(H,20,21). The molecule has 1 aromatic carbocycles. The molecular weight excluding hydrogens is 276 g/mol. The number of carbonyl (C=O) groups excluding carboxylic acids is 1. The van der Waals surface area contributed by atoms with E-state index >= 15 is 0 Å². The van der Waals surface area contributed by atoms with Crippen molar-refractivity contribution in [3.63, 3.8) is 0 Å². The molecule has 22 heavy (non-hydrogen) atoms. The van der Waals surface area contributed by atoms with Crippen LogP contribution in [-0.2, 0) is 16.0 Å². The fourth-order valence-corrected chi connectivity index (χ4v) is 3.38. The Balaban J connectivity index is 1.94. The SMILES string of the molecule is Cc1cc(C)c(CCNC(=O)C2(CN)CCOCC2)c(C)c1. The summed E-state index contributed by atoms with van der Waals surface area (Å²) >= 11 is 0. The molecule has 0 radical (unpaired) electrons. The third-order valence-electron chi connectivity index (χ3n) is 4.82. The fraction of sp³-hybridized carbons (Fsp3) is 0.611. The lowest BCUT2D eigenvalue weighted by Crippen LogP contribution is -2.49. The number of benzene rings is 1. The summed E-state index contributed by atoms with van der Waals surface area (Å²) in [5.41, 5.74) is 10.6. The zero-order valence-corrected chi connectivity index (χ0v) is 14.0. The third-order valence-corrected chi connectivity index (χ3v) is 4.82. The van der Waals surface area contributed by atoms with Crippen LogP contribution in [0.15, 0.2) is 12.1 Å². The van der Waals surface area contributed by atoms with Gasteiger partial charge in [-0.2, -0.15) is 0 Å². The molecular formula is C18H28N2O2. The minimum absolute atomic E-state index is 0.0840. The Kier molecular flexibility index (Phi) is 5.59. The van der Waals surface area contributed by atoms with Crippen LogP contribution in [0.3, 0.4) is 0 Å². The molecule has 0 unspecified atom stereocenters. The average molecular weight is 304 g/mol. The second-order valence-electron chi connectivity index (χ2n) is 6.48. The molecule has 0 spiro atoms. The second kappa shape index (κ2) is 7.25. The summed E-state index contributed by atoms with van der Waals surface area (Å²) in [6, 6.07) is 4.40. The van der Waals surface area contributed by atoms with E-state index in [2.05, 4.69) is 38.2 Å². The van der Waals surface area contributed by atoms with Crippen molar-refractivity contribution in [2.24, 2.45) is 11.1 Å². The number of aryl methyl sites for hydroxylation is 3. The quantitative estimate of drug-likeness (QED) is 0.875. The van der Waals surface area contributed by atoms with E-state index < -0.39 is 5.41 Å². The minimum atomic E-state index is -0.435. The van der Waals surface area contributed by atoms with Gasteiger partial charge in [0.15, 0.2) is 0 Å². The van der Waals surface area contributed by atoms with E-state index in [0.29, 0.717) is 26.3 Å². The van der Waals surface area contributed by atoms with E-state index in [1.54, 1.807) is 0 Å². The topological polar surface area (TPSA) is 64.4 Å². The highest BCUT2D eigenvalue weighted by atomic mass is 16.5. The van der Waals surface area contributed by atoms with Gasteiger partial charge in [0.25, 0.3) is 0 Å². The van der Waals surface area contributed by atoms with Gasteiger partial charge < -0.3 is 15.8 Å². The van der Waals surface area contributed by atoms with Crippen molar-refractivity contribution in [2.75, 3.05) is 26.3 Å². The molecule has 1 amide bonds. The van der Waals surface area contributed by atoms with Crippen molar-refractivity contribution >= 4 is 5.91 Å². The summed E-state index contributed by atoms with van der Waals surface area (Å²) in [5, 5.41) is 3.09. The summed E-state index contributed by atoms with van der Waals surface area (Å²) in [4.78, 5) is 12.5. The summed E-state index contributed by atoms with van der Waals surface area (Å²) in [5.74, 6) is 0.0840. The maximum absolute atomic E-state index is 12.5. The highest BCUT2D eigenvalue weighted by Crippen LogP contribution is 2.29. The maximum atomic E-state index is 12.5. The first-order valence-electron chi connectivity index (χ1n) is 8.11. The number of nitrogens with two attached hydrogens (primary N) is 1. The van der Waals surface area contributed by atoms with Crippen molar-refractivity contribution < 1.29 is 9.53 Å². The number of nitrogens with one attached hydrogen (secondary N) is 1. The number of hydrogen-bond donors (Lipinski definition) is 2. The number of carbonyl (C=O) groups is 1. The fourth-order valence-electron chi connectivity index (χ4n) is 3.38. The molecule has 1 aliphatic rings. The molecule has 4 nitrogen and oxygen atoms in total. The van der Waals surface area contributed by atoms with Gasteiger partial charge in [0.2, 0.25) is 5.91 Å². The summed E-state index contributed by atoms with van der Waals surface area (Å²) in [7, 11) is 0. The van der Waals surface area contributed by atoms with Gasteiger partial charge >= 0.3 is 0 Å². The van der Waals surface area contributed by atoms with E-state index in [1.165, 1.54) is 22.3 Å². The predicted molar refractivity (Wildman–Crippen MR) is 88.9 cm³/mol. The van der Waals surface area contributed by atoms with Crippen LogP contribution >= 0.6 is 0 Å². The zero-order chi connectivity index (χ0) is 16.2. The minimum Gasteiger partial charge on any atom is -0.381 e. The summed E-state index contributed by atoms with van der Waals surface area (Å²) < 4.78 is 5.36. The van der Waals surface area contributed by atoms with Crippen molar-refractivity contribution in [1.82, 2.24) is 5.32 Å². The molecule has 1 heterocycles. The molecule has 0 saturated carbocycles. The van der Waals surface area contributed by atoms with Gasteiger partial charge in [-0.3, -0.25) is 4.79 Å². The van der Waals surface area contributed by atoms with Crippen LogP contribution in [0.25, 0.3) is 0 Å². The number of ether oxygens (including phenoxy) is 1. The smallest absolute Gasteiger partial charge is 0.227 e. The lowest BCUT2D eigenvalue weighted by Gasteiger charge is -2.34. The molecule has 3 N–H and O–H groups in total. The number of rotatable bonds is 5. The van der Waals surface area contributed by atoms with E-state index in [1.807, 2.05) is 0 Å². The molecule has 4 heteroatoms. The molecule has 1 aliphatic heterocycles. The largest absolute Gasteiger partial charge is 0.381 e. The van der Waals surface area contributed by atoms with Gasteiger partial charge in [-0.15, -0.1) is 0 Å². The molecule has 0 aromatic heterocycles. The zero-order valence-electron chi connectivity index (χ0n) is 14.0. The first-order valence-corrected chi connectivity index (χ1v) is 8.11. The lowest BCUT2D eigenvalue weighted by molar-refractivity contribution is -0.135. The Morgan fingerprint density at radius 2 is 1.82 bits per heavy atom. The molecule has 1 fully saturated rings. The van der Waals surface area contributed by atoms with Gasteiger partial charge in [0.05, 0.1) is 5.41 Å². The van der Waals surface area contributed by atoms with E-state index in [9.17, 15) is 4.79 Å². The molecule has 0 atom stereocenters. The molecule has 0 bridgehead atoms. The van der Waals surface area contributed by atoms with Gasteiger partial charge in [0, 0.05) is 26.3 Å². The van der Waals surface area contributed by atoms with Crippen LogP contribution in [0.5, 0.6) is 0 Å². The van der Waals surface area contributed by atoms with Crippen LogP contribution in [0.4, 0.5) is 0 Å². The Hall–Kier alpha value is -1.39. The first-order chi connectivity index (χ1) is 10.5. The van der Waals surface area contributed by atoms with E-state index in [0.717, 1.165) is 19.3 Å². The monoisotopic (exact) mass is 304 g/mol. The van der Waals surface area contributed by atoms with Crippen LogP contribution in [0.1, 0.15) is 35.1 Å². The van der Waals surface area contributed by atoms with Crippen molar-refractivity contribution in [1.29, 1.82) is 0 Å². The summed E-state index contributed by atoms with van der Waals surface area (Å²) in [6.45, 7) is 8.69. The predicted octanol–water partition coefficient (Wildman–Crippen LogP) is 2.03. The van der Waals surface area contributed by atoms with E-state index in [4.69, 9.17) is 10.5 Å². The Morgan fingerprint density at radius 1 is 1.23 bits per heavy atom. The maximum Gasteiger partial charge on any atom is 0.227 e. The van der Waals surface area contributed by atoms with Gasteiger partial charge in [-0.05, 0) is 56.7 Å². The van der Waals surface area contributed by atoms with Crippen LogP contribution in [0, 0.1) is 26.2 Å². The van der Waals surface area contributed by atoms with Crippen molar-refractivity contribution in [2.45, 2.75) is 40.0 Å². The van der Waals surface area contributed by atoms with Gasteiger partial charge in [0.1, 0.15) is 0 Å².